The first-order chi connectivity index (χ1) is 7.74. The summed E-state index contributed by atoms with van der Waals surface area (Å²) in [6.45, 7) is 0.741. The van der Waals surface area contributed by atoms with Gasteiger partial charge in [0.25, 0.3) is 0 Å². The van der Waals surface area contributed by atoms with E-state index in [1.165, 1.54) is 24.7 Å². The van der Waals surface area contributed by atoms with E-state index in [0.717, 1.165) is 24.0 Å². The van der Waals surface area contributed by atoms with E-state index < -0.39 is 0 Å². The van der Waals surface area contributed by atoms with Gasteiger partial charge in [-0.05, 0) is 36.8 Å². The molecule has 16 heavy (non-hydrogen) atoms. The second-order valence-electron chi connectivity index (χ2n) is 4.58. The highest BCUT2D eigenvalue weighted by molar-refractivity contribution is 6.34. The maximum absolute atomic E-state index is 6.09. The quantitative estimate of drug-likeness (QED) is 0.800. The lowest BCUT2D eigenvalue weighted by Gasteiger charge is -2.10. The number of rotatable bonds is 3. The molecule has 84 valence electrons. The summed E-state index contributed by atoms with van der Waals surface area (Å²) in [4.78, 5) is 11.3. The molecule has 2 heterocycles. The molecule has 0 unspecified atom stereocenters. The molecule has 0 bridgehead atoms. The van der Waals surface area contributed by atoms with Crippen LogP contribution in [0.15, 0.2) is 12.5 Å². The van der Waals surface area contributed by atoms with Gasteiger partial charge in [-0.15, -0.1) is 0 Å². The lowest BCUT2D eigenvalue weighted by Crippen LogP contribution is -2.17. The van der Waals surface area contributed by atoms with Gasteiger partial charge in [0, 0.05) is 6.20 Å². The maximum Gasteiger partial charge on any atom is 0.142 e. The molecule has 5 heteroatoms. The van der Waals surface area contributed by atoms with E-state index in [0.29, 0.717) is 10.6 Å². The first-order valence-corrected chi connectivity index (χ1v) is 5.78. The van der Waals surface area contributed by atoms with Crippen LogP contribution in [0.1, 0.15) is 18.4 Å². The molecule has 0 radical (unpaired) electrons. The fourth-order valence-electron chi connectivity index (χ4n) is 2.16. The van der Waals surface area contributed by atoms with Crippen LogP contribution in [0, 0.1) is 5.41 Å². The Hall–Kier alpha value is -1.13. The predicted octanol–water partition coefficient (Wildman–Crippen LogP) is 1.89. The summed E-state index contributed by atoms with van der Waals surface area (Å²) in [6.07, 6.45) is 6.83. The van der Waals surface area contributed by atoms with Crippen molar-refractivity contribution < 1.29 is 0 Å². The van der Waals surface area contributed by atoms with E-state index in [-0.39, 0.29) is 0 Å². The Bertz CT molecular complexity index is 530. The summed E-state index contributed by atoms with van der Waals surface area (Å²) in [5.41, 5.74) is 8.08. The van der Waals surface area contributed by atoms with Gasteiger partial charge in [0.1, 0.15) is 17.1 Å². The smallest absolute Gasteiger partial charge is 0.142 e. The minimum Gasteiger partial charge on any atom is -0.346 e. The lowest BCUT2D eigenvalue weighted by molar-refractivity contribution is 0.523. The summed E-state index contributed by atoms with van der Waals surface area (Å²) in [7, 11) is 0. The third-order valence-electron chi connectivity index (χ3n) is 3.46. The highest BCUT2D eigenvalue weighted by Gasteiger charge is 2.41. The van der Waals surface area contributed by atoms with Gasteiger partial charge in [-0.1, -0.05) is 11.6 Å². The Labute approximate surface area is 98.2 Å². The van der Waals surface area contributed by atoms with Crippen molar-refractivity contribution >= 4 is 22.6 Å². The van der Waals surface area contributed by atoms with Crippen molar-refractivity contribution in [3.8, 4) is 0 Å². The second-order valence-corrected chi connectivity index (χ2v) is 4.94. The number of nitrogens with one attached hydrogen (secondary N) is 1. The third-order valence-corrected chi connectivity index (χ3v) is 3.75. The number of aromatic amines is 1. The van der Waals surface area contributed by atoms with Crippen LogP contribution in [-0.2, 0) is 6.42 Å². The number of nitrogens with two attached hydrogens (primary N) is 1. The van der Waals surface area contributed by atoms with Gasteiger partial charge >= 0.3 is 0 Å². The van der Waals surface area contributed by atoms with Crippen LogP contribution in [0.4, 0.5) is 0 Å². The van der Waals surface area contributed by atoms with E-state index in [4.69, 9.17) is 17.3 Å². The normalized spacial score (nSPS) is 17.9. The largest absolute Gasteiger partial charge is 0.346 e. The monoisotopic (exact) mass is 236 g/mol. The minimum atomic E-state index is 0.300. The molecule has 2 aromatic rings. The van der Waals surface area contributed by atoms with Crippen LogP contribution < -0.4 is 5.73 Å². The Morgan fingerprint density at radius 2 is 2.25 bits per heavy atom. The number of aromatic nitrogens is 3. The molecule has 0 amide bonds. The highest BCUT2D eigenvalue weighted by Crippen LogP contribution is 2.48. The Kier molecular flexibility index (Phi) is 2.16. The van der Waals surface area contributed by atoms with Gasteiger partial charge in [-0.2, -0.15) is 0 Å². The topological polar surface area (TPSA) is 67.6 Å². The van der Waals surface area contributed by atoms with Crippen LogP contribution in [-0.4, -0.2) is 21.5 Å². The van der Waals surface area contributed by atoms with Crippen LogP contribution in [0.2, 0.25) is 5.15 Å². The number of H-pyrrole nitrogens is 1. The Morgan fingerprint density at radius 3 is 2.94 bits per heavy atom. The van der Waals surface area contributed by atoms with E-state index in [1.54, 1.807) is 0 Å². The van der Waals surface area contributed by atoms with Gasteiger partial charge in [-0.25, -0.2) is 9.97 Å². The van der Waals surface area contributed by atoms with Gasteiger partial charge < -0.3 is 10.7 Å². The summed E-state index contributed by atoms with van der Waals surface area (Å²) >= 11 is 6.09. The molecule has 0 aromatic carbocycles. The third kappa shape index (κ3) is 1.49. The maximum atomic E-state index is 6.09. The summed E-state index contributed by atoms with van der Waals surface area (Å²) in [5, 5.41) is 1.47. The number of fused-ring (bicyclic) bond motifs is 1. The van der Waals surface area contributed by atoms with E-state index in [2.05, 4.69) is 15.0 Å². The zero-order valence-corrected chi connectivity index (χ0v) is 9.59. The zero-order valence-electron chi connectivity index (χ0n) is 8.83. The molecule has 0 saturated heterocycles. The Morgan fingerprint density at radius 1 is 1.44 bits per heavy atom. The molecule has 1 aliphatic rings. The first-order valence-electron chi connectivity index (χ1n) is 5.41. The van der Waals surface area contributed by atoms with Gasteiger partial charge in [0.05, 0.1) is 5.39 Å². The number of hydrogen-bond donors (Lipinski definition) is 2. The van der Waals surface area contributed by atoms with Crippen LogP contribution >= 0.6 is 11.6 Å². The van der Waals surface area contributed by atoms with Crippen molar-refractivity contribution in [2.75, 3.05) is 6.54 Å². The van der Waals surface area contributed by atoms with Crippen molar-refractivity contribution in [2.24, 2.45) is 11.1 Å². The van der Waals surface area contributed by atoms with Crippen molar-refractivity contribution in [1.82, 2.24) is 15.0 Å². The molecule has 2 aromatic heterocycles. The molecular weight excluding hydrogens is 224 g/mol. The zero-order chi connectivity index (χ0) is 11.2. The average Bonchev–Trinajstić information content (AvgIpc) is 2.94. The molecule has 3 N–H and O–H groups in total. The number of hydrogen-bond acceptors (Lipinski definition) is 3. The van der Waals surface area contributed by atoms with Gasteiger partial charge in [0.15, 0.2) is 0 Å². The lowest BCUT2D eigenvalue weighted by atomic mass is 9.97. The molecule has 0 aliphatic heterocycles. The second kappa shape index (κ2) is 3.43. The van der Waals surface area contributed by atoms with Crippen molar-refractivity contribution in [3.63, 3.8) is 0 Å². The molecule has 0 atom stereocenters. The molecule has 1 fully saturated rings. The van der Waals surface area contributed by atoms with Crippen molar-refractivity contribution in [1.29, 1.82) is 0 Å². The molecule has 1 aliphatic carbocycles. The minimum absolute atomic E-state index is 0.300. The van der Waals surface area contributed by atoms with Crippen LogP contribution in [0.5, 0.6) is 0 Å². The van der Waals surface area contributed by atoms with Crippen molar-refractivity contribution in [2.45, 2.75) is 19.3 Å². The van der Waals surface area contributed by atoms with Gasteiger partial charge in [-0.3, -0.25) is 0 Å². The number of nitrogens with zero attached hydrogens (tertiary/aromatic N) is 2. The average molecular weight is 237 g/mol. The fraction of sp³-hybridized carbons (Fsp3) is 0.455. The fourth-order valence-corrected chi connectivity index (χ4v) is 2.41. The van der Waals surface area contributed by atoms with Crippen molar-refractivity contribution in [3.05, 3.63) is 23.2 Å². The number of halogens is 1. The van der Waals surface area contributed by atoms with E-state index in [1.807, 2.05) is 6.20 Å². The Balaban J connectivity index is 2.04. The molecule has 4 nitrogen and oxygen atoms in total. The molecule has 0 spiro atoms. The molecule has 1 saturated carbocycles. The highest BCUT2D eigenvalue weighted by atomic mass is 35.5. The summed E-state index contributed by atoms with van der Waals surface area (Å²) < 4.78 is 0. The van der Waals surface area contributed by atoms with Crippen LogP contribution in [0.3, 0.4) is 0 Å². The summed E-state index contributed by atoms with van der Waals surface area (Å²) in [5.74, 6) is 0. The SMILES string of the molecule is NCC1(Cc2c[nH]c3ncnc(Cl)c23)CC1. The standard InChI is InChI=1S/C11H13ClN4/c12-9-8-7(3-11(5-13)1-2-11)4-14-10(8)16-6-15-9/h4,6H,1-3,5,13H2,(H,14,15,16). The van der Waals surface area contributed by atoms with Crippen LogP contribution in [0.25, 0.3) is 11.0 Å². The predicted molar refractivity (Wildman–Crippen MR) is 63.3 cm³/mol. The molecular formula is C11H13ClN4. The van der Waals surface area contributed by atoms with E-state index >= 15 is 0 Å². The summed E-state index contributed by atoms with van der Waals surface area (Å²) in [6, 6.07) is 0. The van der Waals surface area contributed by atoms with E-state index in [9.17, 15) is 0 Å². The first kappa shape index (κ1) is 10.1. The van der Waals surface area contributed by atoms with Gasteiger partial charge in [0.2, 0.25) is 0 Å². The molecule has 3 rings (SSSR count).